The Morgan fingerprint density at radius 3 is 1.41 bits per heavy atom. The Kier molecular flexibility index (Phi) is 11.2. The molecule has 0 amide bonds. The highest BCUT2D eigenvalue weighted by molar-refractivity contribution is 6.27. The molecule has 3 heterocycles. The quantitative estimate of drug-likeness (QED) is 0.122. The Labute approximate surface area is 506 Å². The molecule has 0 aliphatic rings. The molecular weight excluding hydrogens is 1070 g/mol. The van der Waals surface area contributed by atoms with Gasteiger partial charge in [-0.05, 0) is 166 Å². The molecule has 6 heteroatoms. The topological polar surface area (TPSA) is 63.3 Å². The Hall–Kier alpha value is -11.9. The Bertz CT molecular complexity index is 5780. The van der Waals surface area contributed by atoms with Crippen molar-refractivity contribution in [2.45, 2.75) is 0 Å². The third-order valence-electron chi connectivity index (χ3n) is 18.0. The maximum atomic E-state index is 5.76. The molecule has 0 bridgehead atoms. The van der Waals surface area contributed by atoms with Gasteiger partial charge in [-0.25, -0.2) is 19.9 Å². The van der Waals surface area contributed by atoms with Gasteiger partial charge in [-0.3, -0.25) is 4.57 Å². The minimum atomic E-state index is 0.627. The molecule has 0 radical (unpaired) electrons. The van der Waals surface area contributed by atoms with E-state index >= 15 is 0 Å². The van der Waals surface area contributed by atoms with Crippen molar-refractivity contribution in [2.75, 3.05) is 0 Å². The van der Waals surface area contributed by atoms with Crippen LogP contribution in [-0.2, 0) is 0 Å². The zero-order chi connectivity index (χ0) is 57.8. The van der Waals surface area contributed by atoms with Crippen LogP contribution in [-0.4, -0.2) is 24.5 Å². The van der Waals surface area contributed by atoms with Crippen LogP contribution in [0.5, 0.6) is 0 Å². The van der Waals surface area contributed by atoms with E-state index in [1.165, 1.54) is 64.6 Å². The van der Waals surface area contributed by atoms with Gasteiger partial charge in [-0.15, -0.1) is 0 Å². The Balaban J connectivity index is 0.892. The highest BCUT2D eigenvalue weighted by Crippen LogP contribution is 2.44. The number of rotatable bonds is 8. The predicted octanol–water partition coefficient (Wildman–Crippen LogP) is 20.6. The normalized spacial score (nSPS) is 11.9. The average Bonchev–Trinajstić information content (AvgIpc) is 2.41. The Morgan fingerprint density at radius 1 is 0.307 bits per heavy atom. The van der Waals surface area contributed by atoms with Crippen molar-refractivity contribution >= 4 is 97.6 Å². The van der Waals surface area contributed by atoms with E-state index in [1.807, 2.05) is 6.07 Å². The van der Waals surface area contributed by atoms with E-state index in [2.05, 4.69) is 311 Å². The van der Waals surface area contributed by atoms with E-state index in [-0.39, 0.29) is 0 Å². The van der Waals surface area contributed by atoms with E-state index in [0.29, 0.717) is 5.82 Å². The maximum Gasteiger partial charge on any atom is 0.292 e. The number of benzene rings is 15. The first-order valence-electron chi connectivity index (χ1n) is 30.0. The number of para-hydroxylation sites is 6. The first-order valence-corrected chi connectivity index (χ1v) is 30.0. The number of hydrogen-bond donors (Lipinski definition) is 1. The summed E-state index contributed by atoms with van der Waals surface area (Å²) in [4.78, 5) is 20.5. The van der Waals surface area contributed by atoms with Gasteiger partial charge in [0, 0.05) is 33.3 Å². The van der Waals surface area contributed by atoms with Gasteiger partial charge >= 0.3 is 0 Å². The molecule has 18 rings (SSSR count). The second-order valence-corrected chi connectivity index (χ2v) is 22.9. The van der Waals surface area contributed by atoms with Crippen LogP contribution in [0.3, 0.4) is 0 Å². The molecule has 0 saturated carbocycles. The molecule has 0 unspecified atom stereocenters. The van der Waals surface area contributed by atoms with Gasteiger partial charge in [0.25, 0.3) is 5.82 Å². The summed E-state index contributed by atoms with van der Waals surface area (Å²) in [6.07, 6.45) is 0. The summed E-state index contributed by atoms with van der Waals surface area (Å²) in [5.74, 6) is 2.48. The van der Waals surface area contributed by atoms with Crippen LogP contribution in [0.2, 0.25) is 0 Å². The molecule has 0 saturated heterocycles. The third-order valence-corrected chi connectivity index (χ3v) is 18.0. The van der Waals surface area contributed by atoms with Crippen LogP contribution in [0.4, 0.5) is 0 Å². The maximum absolute atomic E-state index is 5.76. The molecule has 0 fully saturated rings. The van der Waals surface area contributed by atoms with Crippen molar-refractivity contribution in [1.29, 1.82) is 0 Å². The number of aromatic nitrogens is 6. The van der Waals surface area contributed by atoms with Gasteiger partial charge in [-0.1, -0.05) is 218 Å². The smallest absolute Gasteiger partial charge is 0.292 e. The van der Waals surface area contributed by atoms with E-state index in [0.717, 1.165) is 106 Å². The molecule has 0 aliphatic heterocycles. The molecule has 6 nitrogen and oxygen atoms in total. The van der Waals surface area contributed by atoms with E-state index in [1.54, 1.807) is 0 Å². The minimum absolute atomic E-state index is 0.627. The number of nitrogens with zero attached hydrogens (tertiary/aromatic N) is 5. The lowest BCUT2D eigenvalue weighted by Crippen LogP contribution is -2.31. The molecule has 408 valence electrons. The SMILES string of the molecule is c1ccc(-n2c(-c3ccc(-c4nc(-c5ccc(-c6[nH]c7ccccc7[n+]6-c6ccccc6)cc5)c5cc(-c6ccc7c8ccccc8c8ccccc8c7c6)cc(-c6ccc7c8ccccc8c8ccccc8c7c6)c5n4)cc3)nc3ccccc32)cc1. The lowest BCUT2D eigenvalue weighted by molar-refractivity contribution is -0.554. The summed E-state index contributed by atoms with van der Waals surface area (Å²) in [5.41, 5.74) is 16.2. The average molecular weight is 1120 g/mol. The minimum Gasteiger partial charge on any atom is -0.292 e. The van der Waals surface area contributed by atoms with Gasteiger partial charge in [0.2, 0.25) is 0 Å². The summed E-state index contributed by atoms with van der Waals surface area (Å²) in [5, 5.41) is 15.7. The molecule has 88 heavy (non-hydrogen) atoms. The third kappa shape index (κ3) is 7.89. The zero-order valence-electron chi connectivity index (χ0n) is 47.6. The molecule has 0 spiro atoms. The van der Waals surface area contributed by atoms with Gasteiger partial charge in [0.15, 0.2) is 16.9 Å². The van der Waals surface area contributed by atoms with Gasteiger partial charge < -0.3 is 0 Å². The van der Waals surface area contributed by atoms with Gasteiger partial charge in [0.1, 0.15) is 11.5 Å². The lowest BCUT2D eigenvalue weighted by atomic mass is 9.88. The largest absolute Gasteiger partial charge is 0.292 e. The second kappa shape index (κ2) is 19.9. The number of aromatic amines is 1. The zero-order valence-corrected chi connectivity index (χ0v) is 47.6. The van der Waals surface area contributed by atoms with Crippen LogP contribution in [0.1, 0.15) is 0 Å². The number of hydrogen-bond acceptors (Lipinski definition) is 3. The fraction of sp³-hybridized carbons (Fsp3) is 0. The van der Waals surface area contributed by atoms with Crippen molar-refractivity contribution in [2.24, 2.45) is 0 Å². The van der Waals surface area contributed by atoms with E-state index in [4.69, 9.17) is 15.0 Å². The molecule has 3 aromatic heterocycles. The number of fused-ring (bicyclic) bond motifs is 15. The van der Waals surface area contributed by atoms with Crippen LogP contribution in [0.15, 0.2) is 303 Å². The highest BCUT2D eigenvalue weighted by Gasteiger charge is 2.25. The molecular formula is C82H51N6+. The first-order chi connectivity index (χ1) is 43.6. The fourth-order valence-corrected chi connectivity index (χ4v) is 13.9. The van der Waals surface area contributed by atoms with Crippen molar-refractivity contribution < 1.29 is 4.57 Å². The molecule has 0 atom stereocenters. The molecule has 15 aromatic carbocycles. The summed E-state index contributed by atoms with van der Waals surface area (Å²) in [6, 6.07) is 109. The predicted molar refractivity (Wildman–Crippen MR) is 365 cm³/mol. The number of imidazole rings is 2. The van der Waals surface area contributed by atoms with Crippen molar-refractivity contribution in [1.82, 2.24) is 24.5 Å². The van der Waals surface area contributed by atoms with E-state index in [9.17, 15) is 0 Å². The van der Waals surface area contributed by atoms with Crippen molar-refractivity contribution in [3.63, 3.8) is 0 Å². The van der Waals surface area contributed by atoms with Gasteiger partial charge in [-0.2, -0.15) is 4.57 Å². The number of nitrogens with one attached hydrogen (secondary N) is 1. The van der Waals surface area contributed by atoms with Gasteiger partial charge in [0.05, 0.1) is 27.8 Å². The Morgan fingerprint density at radius 2 is 0.773 bits per heavy atom. The first kappa shape index (κ1) is 49.6. The standard InChI is InChI=1S/C82H50N6/c1-3-19-58(20-4-1)87-76-33-17-15-31-74(76)83-81(87)53-39-35-51(36-40-53)78-73-50-57(55-43-45-68-64-27-9-7-23-60(64)62-25-11-13-29-66(62)71(68)47-55)49-70(56-44-46-69-65-28-10-8-24-61(65)63-26-12-14-30-67(63)72(69)48-56)79(73)86-80(85-78)52-37-41-54(42-38-52)82-84-75-32-16-18-34-77(75)88(82)59-21-5-2-6-22-59/h1-50H/p+1. The van der Waals surface area contributed by atoms with Crippen LogP contribution >= 0.6 is 0 Å². The fourth-order valence-electron chi connectivity index (χ4n) is 13.9. The molecule has 1 N–H and O–H groups in total. The second-order valence-electron chi connectivity index (χ2n) is 22.9. The van der Waals surface area contributed by atoms with Crippen LogP contribution in [0, 0.1) is 0 Å². The van der Waals surface area contributed by atoms with Crippen LogP contribution in [0.25, 0.3) is 177 Å². The van der Waals surface area contributed by atoms with E-state index < -0.39 is 0 Å². The number of H-pyrrole nitrogens is 1. The summed E-state index contributed by atoms with van der Waals surface area (Å²) >= 11 is 0. The van der Waals surface area contributed by atoms with Crippen molar-refractivity contribution in [3.8, 4) is 79.0 Å². The molecule has 0 aliphatic carbocycles. The highest BCUT2D eigenvalue weighted by atomic mass is 15.1. The molecule has 18 aromatic rings. The summed E-state index contributed by atoms with van der Waals surface area (Å²) in [7, 11) is 0. The lowest BCUT2D eigenvalue weighted by Gasteiger charge is -2.17. The summed E-state index contributed by atoms with van der Waals surface area (Å²) in [6.45, 7) is 0. The van der Waals surface area contributed by atoms with Crippen molar-refractivity contribution in [3.05, 3.63) is 303 Å². The van der Waals surface area contributed by atoms with Crippen LogP contribution < -0.4 is 4.57 Å². The monoisotopic (exact) mass is 1120 g/mol. The summed E-state index contributed by atoms with van der Waals surface area (Å²) < 4.78 is 4.56.